The number of fused-ring (bicyclic) bond motifs is 3. The van der Waals surface area contributed by atoms with Crippen LogP contribution in [0, 0.1) is 0 Å². The molecule has 2 aliphatic heterocycles. The molecule has 22 nitrogen and oxygen atoms in total. The normalized spacial score (nSPS) is 33.6. The fraction of sp³-hybridized carbons (Fsp3) is 0.605. The van der Waals surface area contributed by atoms with Gasteiger partial charge < -0.3 is 95.8 Å². The van der Waals surface area contributed by atoms with Gasteiger partial charge in [-0.15, -0.1) is 0 Å². The number of carbonyl (C=O) groups excluding carboxylic acids is 3. The van der Waals surface area contributed by atoms with Crippen LogP contribution in [-0.2, 0) is 30.2 Å². The summed E-state index contributed by atoms with van der Waals surface area (Å²) in [5.74, 6) is -5.37. The highest BCUT2D eigenvalue weighted by atomic mass is 16.7. The molecule has 15 atom stereocenters. The van der Waals surface area contributed by atoms with Crippen molar-refractivity contribution in [3.8, 4) is 17.2 Å². The third kappa shape index (κ3) is 8.27. The van der Waals surface area contributed by atoms with E-state index in [-0.39, 0.29) is 23.1 Å². The lowest BCUT2D eigenvalue weighted by Crippen LogP contribution is -2.60. The van der Waals surface area contributed by atoms with Crippen LogP contribution in [0.2, 0.25) is 0 Å². The highest BCUT2D eigenvalue weighted by Gasteiger charge is 2.51. The molecular weight excluding hydrogens is 806 g/mol. The predicted molar refractivity (Wildman–Crippen MR) is 194 cm³/mol. The number of rotatable bonds is 14. The van der Waals surface area contributed by atoms with Crippen LogP contribution in [0.5, 0.6) is 17.2 Å². The van der Waals surface area contributed by atoms with Crippen molar-refractivity contribution in [1.29, 1.82) is 0 Å². The van der Waals surface area contributed by atoms with Crippen molar-refractivity contribution in [2.24, 2.45) is 0 Å². The number of nitrogens with one attached hydrogen (secondary N) is 1. The minimum Gasteiger partial charge on any atom is -0.507 e. The van der Waals surface area contributed by atoms with Gasteiger partial charge >= 0.3 is 0 Å². The lowest BCUT2D eigenvalue weighted by molar-refractivity contribution is -0.306. The Hall–Kier alpha value is -3.79. The Morgan fingerprint density at radius 3 is 2.22 bits per heavy atom. The molecular formula is C38H49NO21. The zero-order valence-corrected chi connectivity index (χ0v) is 31.9. The van der Waals surface area contributed by atoms with E-state index in [2.05, 4.69) is 5.32 Å². The molecule has 0 radical (unpaired) electrons. The van der Waals surface area contributed by atoms with Crippen molar-refractivity contribution in [2.75, 3.05) is 26.4 Å². The molecule has 0 amide bonds. The van der Waals surface area contributed by atoms with Gasteiger partial charge in [-0.2, -0.15) is 0 Å². The molecule has 60 heavy (non-hydrogen) atoms. The Labute approximate surface area is 340 Å². The van der Waals surface area contributed by atoms with E-state index in [0.29, 0.717) is 0 Å². The Morgan fingerprint density at radius 2 is 1.55 bits per heavy atom. The quantitative estimate of drug-likeness (QED) is 0.0673. The number of hydrogen-bond donors (Lipinski definition) is 15. The van der Waals surface area contributed by atoms with Gasteiger partial charge in [-0.05, 0) is 13.0 Å². The van der Waals surface area contributed by atoms with Gasteiger partial charge in [0.1, 0.15) is 72.2 Å². The number of benzene rings is 2. The Morgan fingerprint density at radius 1 is 0.883 bits per heavy atom. The number of ketones is 3. The molecule has 4 unspecified atom stereocenters. The van der Waals surface area contributed by atoms with Crippen molar-refractivity contribution >= 4 is 17.3 Å². The molecule has 22 heteroatoms. The maximum Gasteiger partial charge on any atom is 0.202 e. The number of phenolic OH excluding ortho intramolecular Hbond substituents is 3. The van der Waals surface area contributed by atoms with Crippen LogP contribution < -0.4 is 5.32 Å². The van der Waals surface area contributed by atoms with Crippen LogP contribution >= 0.6 is 0 Å². The van der Waals surface area contributed by atoms with Gasteiger partial charge in [0.25, 0.3) is 0 Å². The maximum atomic E-state index is 13.7. The fourth-order valence-corrected chi connectivity index (χ4v) is 8.11. The van der Waals surface area contributed by atoms with E-state index in [4.69, 9.17) is 18.9 Å². The summed E-state index contributed by atoms with van der Waals surface area (Å²) in [5, 5.41) is 150. The van der Waals surface area contributed by atoms with E-state index in [1.54, 1.807) is 0 Å². The fourth-order valence-electron chi connectivity index (χ4n) is 8.11. The van der Waals surface area contributed by atoms with E-state index in [0.717, 1.165) is 6.07 Å². The van der Waals surface area contributed by atoms with Crippen molar-refractivity contribution in [2.45, 2.75) is 118 Å². The first-order valence-corrected chi connectivity index (χ1v) is 19.0. The van der Waals surface area contributed by atoms with Crippen LogP contribution in [0.25, 0.3) is 0 Å². The van der Waals surface area contributed by atoms with E-state index in [9.17, 15) is 85.9 Å². The molecule has 0 bridgehead atoms. The van der Waals surface area contributed by atoms with Crippen LogP contribution in [-0.4, -0.2) is 200 Å². The van der Waals surface area contributed by atoms with Crippen molar-refractivity contribution in [3.05, 3.63) is 51.6 Å². The molecule has 2 saturated heterocycles. The number of aliphatic hydroxyl groups excluding tert-OH is 10. The molecule has 2 aromatic rings. The number of ether oxygens (including phenoxy) is 4. The molecule has 332 valence electrons. The van der Waals surface area contributed by atoms with Crippen LogP contribution in [0.15, 0.2) is 18.2 Å². The Kier molecular flexibility index (Phi) is 13.6. The van der Waals surface area contributed by atoms with Gasteiger partial charge in [-0.3, -0.25) is 14.4 Å². The average molecular weight is 856 g/mol. The average Bonchev–Trinajstić information content (AvgIpc) is 3.22. The molecule has 2 aliphatic carbocycles. The summed E-state index contributed by atoms with van der Waals surface area (Å²) in [6.45, 7) is -1.84. The Balaban J connectivity index is 1.17. The first-order valence-electron chi connectivity index (χ1n) is 19.0. The van der Waals surface area contributed by atoms with Crippen LogP contribution in [0.4, 0.5) is 0 Å². The summed E-state index contributed by atoms with van der Waals surface area (Å²) in [7, 11) is 0. The van der Waals surface area contributed by atoms with Gasteiger partial charge in [0, 0.05) is 48.5 Å². The zero-order valence-electron chi connectivity index (χ0n) is 31.9. The smallest absolute Gasteiger partial charge is 0.202 e. The van der Waals surface area contributed by atoms with Crippen molar-refractivity contribution in [3.63, 3.8) is 0 Å². The van der Waals surface area contributed by atoms with Gasteiger partial charge in [0.05, 0.1) is 54.3 Å². The minimum absolute atomic E-state index is 0.277. The first kappa shape index (κ1) is 45.7. The SMILES string of the molecule is C[C@@H]1O[C@@H](O[C@H]2C[C@](O)(C(=O)CO)Cc3c(O)c4c(c(O)c32)C(=O)c2c(O)cccc2C4=O)C[C@H](NCC(O)C(O)C(O)C(O)CO[C@H]2O[C@H](CO)[C@H](O)[C@H](O)[C@H]2O)[C@@H]1O. The summed E-state index contributed by atoms with van der Waals surface area (Å²) in [4.78, 5) is 40.2. The molecule has 6 rings (SSSR count). The molecule has 2 fully saturated rings. The number of hydrogen-bond acceptors (Lipinski definition) is 22. The molecule has 2 aromatic carbocycles. The summed E-state index contributed by atoms with van der Waals surface area (Å²) < 4.78 is 22.3. The standard InChI is InChI=1S/C38H49NO21/c1-12-27(46)15(39-8-17(43)30(49)31(50)18(44)11-57-37-36(55)35(54)32(51)20(9-40)60-37)5-22(58-12)59-19-7-38(56,21(45)10-41)6-14-24(19)34(53)26-25(29(14)48)28(47)13-3-2-4-16(42)23(13)33(26)52/h2-4,12,15,17-20,22,27,30-32,35-37,39-44,46,48-51,53-56H,5-11H2,1H3/t12-,15-,17?,18?,19-,20+,22-,27+,30?,31?,32-,35-,36+,37-,38-/m0/s1. The second-order valence-corrected chi connectivity index (χ2v) is 15.5. The number of phenols is 3. The summed E-state index contributed by atoms with van der Waals surface area (Å²) in [5.41, 5.74) is -5.15. The molecule has 15 N–H and O–H groups in total. The number of Topliss-reactive ketones (excluding diaryl/α,β-unsaturated/α-hetero) is 1. The van der Waals surface area contributed by atoms with E-state index in [1.165, 1.54) is 19.1 Å². The largest absolute Gasteiger partial charge is 0.507 e. The van der Waals surface area contributed by atoms with Crippen LogP contribution in [0.3, 0.4) is 0 Å². The monoisotopic (exact) mass is 855 g/mol. The molecule has 0 spiro atoms. The lowest BCUT2D eigenvalue weighted by Gasteiger charge is -2.43. The van der Waals surface area contributed by atoms with Crippen LogP contribution in [0.1, 0.15) is 68.8 Å². The summed E-state index contributed by atoms with van der Waals surface area (Å²) >= 11 is 0. The number of aromatic hydroxyl groups is 3. The van der Waals surface area contributed by atoms with Crippen molar-refractivity contribution in [1.82, 2.24) is 5.32 Å². The van der Waals surface area contributed by atoms with E-state index >= 15 is 0 Å². The topological polar surface area (TPSA) is 383 Å². The van der Waals surface area contributed by atoms with E-state index < -0.39 is 182 Å². The third-order valence-electron chi connectivity index (χ3n) is 11.6. The predicted octanol–water partition coefficient (Wildman–Crippen LogP) is -5.41. The van der Waals surface area contributed by atoms with Gasteiger partial charge in [-0.25, -0.2) is 0 Å². The molecule has 0 saturated carbocycles. The van der Waals surface area contributed by atoms with Crippen molar-refractivity contribution < 1.29 is 105 Å². The first-order chi connectivity index (χ1) is 28.3. The van der Waals surface area contributed by atoms with Gasteiger partial charge in [-0.1, -0.05) is 12.1 Å². The van der Waals surface area contributed by atoms with E-state index in [1.807, 2.05) is 0 Å². The highest BCUT2D eigenvalue weighted by Crippen LogP contribution is 2.52. The van der Waals surface area contributed by atoms with Gasteiger partial charge in [0.2, 0.25) is 5.78 Å². The minimum atomic E-state index is -2.44. The molecule has 0 aromatic heterocycles. The second kappa shape index (κ2) is 17.9. The Bertz CT molecular complexity index is 1940. The van der Waals surface area contributed by atoms with Gasteiger partial charge in [0.15, 0.2) is 24.1 Å². The molecule has 4 aliphatic rings. The summed E-state index contributed by atoms with van der Waals surface area (Å²) in [6, 6.07) is 2.64. The number of carbonyl (C=O) groups is 3. The third-order valence-corrected chi connectivity index (χ3v) is 11.6. The summed E-state index contributed by atoms with van der Waals surface area (Å²) in [6.07, 6.45) is -23.2. The zero-order chi connectivity index (χ0) is 44.1. The lowest BCUT2D eigenvalue weighted by atomic mass is 9.72. The highest BCUT2D eigenvalue weighted by molar-refractivity contribution is 6.31. The second-order valence-electron chi connectivity index (χ2n) is 15.5. The molecule has 2 heterocycles. The maximum absolute atomic E-state index is 13.7. The number of aliphatic hydroxyl groups is 11.